The van der Waals surface area contributed by atoms with Crippen molar-refractivity contribution in [3.05, 3.63) is 96.3 Å². The lowest BCUT2D eigenvalue weighted by atomic mass is 10.1. The van der Waals surface area contributed by atoms with E-state index in [9.17, 15) is 4.79 Å². The van der Waals surface area contributed by atoms with E-state index in [1.165, 1.54) is 0 Å². The fraction of sp³-hybridized carbons (Fsp3) is 0.0455. The van der Waals surface area contributed by atoms with Crippen molar-refractivity contribution in [1.82, 2.24) is 14.8 Å². The van der Waals surface area contributed by atoms with E-state index in [4.69, 9.17) is 4.74 Å². The van der Waals surface area contributed by atoms with Gasteiger partial charge in [-0.3, -0.25) is 4.79 Å². The first-order chi connectivity index (χ1) is 13.7. The molecule has 1 amide bonds. The molecule has 0 aliphatic heterocycles. The lowest BCUT2D eigenvalue weighted by molar-refractivity contribution is 0.102. The van der Waals surface area contributed by atoms with Gasteiger partial charge in [0.2, 0.25) is 5.88 Å². The lowest BCUT2D eigenvalue weighted by Crippen LogP contribution is -2.13. The molecule has 0 bridgehead atoms. The van der Waals surface area contributed by atoms with Gasteiger partial charge in [0.05, 0.1) is 0 Å². The van der Waals surface area contributed by atoms with Gasteiger partial charge in [0, 0.05) is 29.7 Å². The van der Waals surface area contributed by atoms with Gasteiger partial charge >= 0.3 is 0 Å². The standard InChI is InChI=1S/C22H18N4O2/c1-16-6-2-3-7-19(16)22(27)23-17-8-10-18(11-9-17)28-21-13-12-20(24-25-21)26-14-4-5-15-26/h2-15H,1H3,(H,23,27). The van der Waals surface area contributed by atoms with Gasteiger partial charge < -0.3 is 14.6 Å². The number of aryl methyl sites for hydroxylation is 1. The van der Waals surface area contributed by atoms with E-state index in [0.717, 1.165) is 5.56 Å². The Morgan fingerprint density at radius 2 is 1.64 bits per heavy atom. The first-order valence-corrected chi connectivity index (χ1v) is 8.81. The molecule has 0 saturated heterocycles. The molecule has 2 aromatic heterocycles. The van der Waals surface area contributed by atoms with Crippen molar-refractivity contribution in [1.29, 1.82) is 0 Å². The first-order valence-electron chi connectivity index (χ1n) is 8.81. The number of carbonyl (C=O) groups excluding carboxylic acids is 1. The molecular formula is C22H18N4O2. The van der Waals surface area contributed by atoms with Crippen LogP contribution in [0.3, 0.4) is 0 Å². The van der Waals surface area contributed by atoms with Gasteiger partial charge in [-0.1, -0.05) is 18.2 Å². The number of carbonyl (C=O) groups is 1. The van der Waals surface area contributed by atoms with Crippen molar-refractivity contribution in [3.8, 4) is 17.4 Å². The predicted octanol–water partition coefficient (Wildman–Crippen LogP) is 4.62. The van der Waals surface area contributed by atoms with Gasteiger partial charge in [0.1, 0.15) is 5.75 Å². The highest BCUT2D eigenvalue weighted by molar-refractivity contribution is 6.05. The van der Waals surface area contributed by atoms with Crippen molar-refractivity contribution >= 4 is 11.6 Å². The Bertz CT molecular complexity index is 1070. The molecule has 0 radical (unpaired) electrons. The van der Waals surface area contributed by atoms with Crippen LogP contribution in [0.1, 0.15) is 15.9 Å². The molecule has 4 rings (SSSR count). The molecular weight excluding hydrogens is 352 g/mol. The van der Waals surface area contributed by atoms with Crippen LogP contribution in [0.25, 0.3) is 5.82 Å². The summed E-state index contributed by atoms with van der Waals surface area (Å²) >= 11 is 0. The first kappa shape index (κ1) is 17.5. The molecule has 0 aliphatic rings. The van der Waals surface area contributed by atoms with Crippen molar-refractivity contribution in [3.63, 3.8) is 0 Å². The van der Waals surface area contributed by atoms with Crippen LogP contribution in [0.15, 0.2) is 85.2 Å². The number of aromatic nitrogens is 3. The normalized spacial score (nSPS) is 10.5. The molecule has 2 aromatic carbocycles. The largest absolute Gasteiger partial charge is 0.438 e. The summed E-state index contributed by atoms with van der Waals surface area (Å²) in [4.78, 5) is 12.4. The zero-order valence-corrected chi connectivity index (χ0v) is 15.2. The zero-order chi connectivity index (χ0) is 19.3. The molecule has 6 heteroatoms. The summed E-state index contributed by atoms with van der Waals surface area (Å²) in [6.45, 7) is 1.91. The number of rotatable bonds is 5. The number of amides is 1. The SMILES string of the molecule is Cc1ccccc1C(=O)Nc1ccc(Oc2ccc(-n3cccc3)nn2)cc1. The Labute approximate surface area is 162 Å². The Balaban J connectivity index is 1.41. The van der Waals surface area contributed by atoms with Crippen LogP contribution in [0, 0.1) is 6.92 Å². The summed E-state index contributed by atoms with van der Waals surface area (Å²) in [6.07, 6.45) is 3.79. The zero-order valence-electron chi connectivity index (χ0n) is 15.2. The minimum absolute atomic E-state index is 0.141. The number of hydrogen-bond donors (Lipinski definition) is 1. The lowest BCUT2D eigenvalue weighted by Gasteiger charge is -2.09. The van der Waals surface area contributed by atoms with Crippen molar-refractivity contribution in [2.24, 2.45) is 0 Å². The van der Waals surface area contributed by atoms with E-state index >= 15 is 0 Å². The third-order valence-corrected chi connectivity index (χ3v) is 4.22. The number of anilines is 1. The Kier molecular flexibility index (Phi) is 4.84. The quantitative estimate of drug-likeness (QED) is 0.556. The summed E-state index contributed by atoms with van der Waals surface area (Å²) in [5, 5.41) is 11.1. The van der Waals surface area contributed by atoms with Crippen LogP contribution >= 0.6 is 0 Å². The molecule has 6 nitrogen and oxygen atoms in total. The predicted molar refractivity (Wildman–Crippen MR) is 107 cm³/mol. The topological polar surface area (TPSA) is 69.0 Å². The maximum atomic E-state index is 12.4. The Morgan fingerprint density at radius 1 is 0.893 bits per heavy atom. The molecule has 0 unspecified atom stereocenters. The Hall–Kier alpha value is -3.93. The van der Waals surface area contributed by atoms with Crippen LogP contribution in [-0.2, 0) is 0 Å². The van der Waals surface area contributed by atoms with Crippen LogP contribution in [-0.4, -0.2) is 20.7 Å². The maximum absolute atomic E-state index is 12.4. The second-order valence-corrected chi connectivity index (χ2v) is 6.22. The average molecular weight is 370 g/mol. The second kappa shape index (κ2) is 7.75. The summed E-state index contributed by atoms with van der Waals surface area (Å²) in [5.41, 5.74) is 2.28. The average Bonchev–Trinajstić information content (AvgIpc) is 3.25. The van der Waals surface area contributed by atoms with E-state index < -0.39 is 0 Å². The third-order valence-electron chi connectivity index (χ3n) is 4.22. The van der Waals surface area contributed by atoms with E-state index in [-0.39, 0.29) is 5.91 Å². The van der Waals surface area contributed by atoms with Gasteiger partial charge in [-0.15, -0.1) is 10.2 Å². The molecule has 0 saturated carbocycles. The van der Waals surface area contributed by atoms with Gasteiger partial charge in [-0.05, 0) is 61.0 Å². The highest BCUT2D eigenvalue weighted by Crippen LogP contribution is 2.22. The van der Waals surface area contributed by atoms with Crippen LogP contribution < -0.4 is 10.1 Å². The highest BCUT2D eigenvalue weighted by atomic mass is 16.5. The molecule has 1 N–H and O–H groups in total. The number of hydrogen-bond acceptors (Lipinski definition) is 4. The molecule has 138 valence electrons. The molecule has 0 spiro atoms. The van der Waals surface area contributed by atoms with Gasteiger partial charge in [-0.25, -0.2) is 0 Å². The van der Waals surface area contributed by atoms with Gasteiger partial charge in [-0.2, -0.15) is 0 Å². The fourth-order valence-electron chi connectivity index (χ4n) is 2.75. The summed E-state index contributed by atoms with van der Waals surface area (Å²) in [6, 6.07) is 22.0. The fourth-order valence-corrected chi connectivity index (χ4v) is 2.75. The number of ether oxygens (including phenoxy) is 1. The molecule has 2 heterocycles. The summed E-state index contributed by atoms with van der Waals surface area (Å²) in [7, 11) is 0. The monoisotopic (exact) mass is 370 g/mol. The van der Waals surface area contributed by atoms with E-state index in [2.05, 4.69) is 15.5 Å². The number of nitrogens with zero attached hydrogens (tertiary/aromatic N) is 3. The maximum Gasteiger partial charge on any atom is 0.255 e. The van der Waals surface area contributed by atoms with E-state index in [0.29, 0.717) is 28.7 Å². The smallest absolute Gasteiger partial charge is 0.255 e. The molecule has 0 atom stereocenters. The van der Waals surface area contributed by atoms with Crippen molar-refractivity contribution < 1.29 is 9.53 Å². The van der Waals surface area contributed by atoms with E-state index in [1.54, 1.807) is 36.4 Å². The molecule has 0 fully saturated rings. The molecule has 4 aromatic rings. The van der Waals surface area contributed by atoms with Gasteiger partial charge in [0.25, 0.3) is 5.91 Å². The highest BCUT2D eigenvalue weighted by Gasteiger charge is 2.09. The second-order valence-electron chi connectivity index (χ2n) is 6.22. The molecule has 0 aliphatic carbocycles. The molecule has 28 heavy (non-hydrogen) atoms. The van der Waals surface area contributed by atoms with Crippen LogP contribution in [0.4, 0.5) is 5.69 Å². The minimum atomic E-state index is -0.141. The van der Waals surface area contributed by atoms with E-state index in [1.807, 2.05) is 60.3 Å². The summed E-state index contributed by atoms with van der Waals surface area (Å²) < 4.78 is 7.58. The van der Waals surface area contributed by atoms with Crippen molar-refractivity contribution in [2.45, 2.75) is 6.92 Å². The number of benzene rings is 2. The third kappa shape index (κ3) is 3.91. The van der Waals surface area contributed by atoms with Crippen LogP contribution in [0.2, 0.25) is 0 Å². The van der Waals surface area contributed by atoms with Crippen LogP contribution in [0.5, 0.6) is 11.6 Å². The van der Waals surface area contributed by atoms with Crippen molar-refractivity contribution in [2.75, 3.05) is 5.32 Å². The minimum Gasteiger partial charge on any atom is -0.438 e. The summed E-state index contributed by atoms with van der Waals surface area (Å²) in [5.74, 6) is 1.58. The number of nitrogens with one attached hydrogen (secondary N) is 1. The van der Waals surface area contributed by atoms with Gasteiger partial charge in [0.15, 0.2) is 5.82 Å². The Morgan fingerprint density at radius 3 is 2.32 bits per heavy atom.